The molecule has 0 spiro atoms. The largest absolute Gasteiger partial charge is 0.455 e. The summed E-state index contributed by atoms with van der Waals surface area (Å²) in [6, 6.07) is 66.9. The molecule has 0 atom stereocenters. The molecule has 0 aliphatic rings. The van der Waals surface area contributed by atoms with Crippen LogP contribution in [0.25, 0.3) is 78.0 Å². The molecule has 0 saturated carbocycles. The van der Waals surface area contributed by atoms with Crippen molar-refractivity contribution in [3.05, 3.63) is 194 Å². The van der Waals surface area contributed by atoms with E-state index in [0.29, 0.717) is 23.1 Å². The fourth-order valence-corrected chi connectivity index (χ4v) is 7.28. The van der Waals surface area contributed by atoms with Gasteiger partial charge in [0.2, 0.25) is 0 Å². The van der Waals surface area contributed by atoms with E-state index in [2.05, 4.69) is 144 Å². The van der Waals surface area contributed by atoms with Gasteiger partial charge < -0.3 is 9.32 Å². The Kier molecular flexibility index (Phi) is 7.73. The minimum atomic E-state index is 0.543. The smallest absolute Gasteiger partial charge is 0.167 e. The summed E-state index contributed by atoms with van der Waals surface area (Å²) in [6.45, 7) is 0. The van der Waals surface area contributed by atoms with Gasteiger partial charge in [-0.25, -0.2) is 15.0 Å². The number of rotatable bonds is 7. The van der Waals surface area contributed by atoms with Crippen LogP contribution in [-0.4, -0.2) is 15.0 Å². The first-order valence-corrected chi connectivity index (χ1v) is 18.0. The number of aromatic nitrogens is 3. The first kappa shape index (κ1) is 31.4. The second-order valence-electron chi connectivity index (χ2n) is 13.3. The van der Waals surface area contributed by atoms with Crippen LogP contribution in [-0.2, 0) is 0 Å². The molecule has 0 N–H and O–H groups in total. The third kappa shape index (κ3) is 5.65. The second kappa shape index (κ2) is 13.3. The molecule has 10 aromatic rings. The highest BCUT2D eigenvalue weighted by Gasteiger charge is 2.24. The number of nitrogens with zero attached hydrogens (tertiary/aromatic N) is 4. The molecule has 0 saturated heterocycles. The van der Waals surface area contributed by atoms with Crippen LogP contribution in [0, 0.1) is 0 Å². The van der Waals surface area contributed by atoms with Gasteiger partial charge in [-0.1, -0.05) is 146 Å². The highest BCUT2D eigenvalue weighted by atomic mass is 16.3. The zero-order valence-corrected chi connectivity index (χ0v) is 29.2. The monoisotopic (exact) mass is 692 g/mol. The molecule has 0 unspecified atom stereocenters. The first-order valence-electron chi connectivity index (χ1n) is 18.0. The van der Waals surface area contributed by atoms with Gasteiger partial charge in [0.1, 0.15) is 11.2 Å². The summed E-state index contributed by atoms with van der Waals surface area (Å²) < 4.78 is 6.80. The van der Waals surface area contributed by atoms with Gasteiger partial charge in [0, 0.05) is 27.9 Å². The summed E-state index contributed by atoms with van der Waals surface area (Å²) in [5, 5.41) is 4.28. The van der Waals surface area contributed by atoms with Crippen LogP contribution in [0.3, 0.4) is 0 Å². The molecule has 0 aliphatic heterocycles. The molecule has 8 aromatic carbocycles. The van der Waals surface area contributed by atoms with E-state index in [4.69, 9.17) is 19.4 Å². The third-order valence-corrected chi connectivity index (χ3v) is 9.91. The van der Waals surface area contributed by atoms with Crippen molar-refractivity contribution in [3.8, 4) is 45.3 Å². The van der Waals surface area contributed by atoms with Crippen LogP contribution in [0.1, 0.15) is 0 Å². The van der Waals surface area contributed by atoms with Crippen molar-refractivity contribution in [2.24, 2.45) is 0 Å². The summed E-state index contributed by atoms with van der Waals surface area (Å²) in [6.07, 6.45) is 0. The van der Waals surface area contributed by atoms with E-state index < -0.39 is 0 Å². The van der Waals surface area contributed by atoms with E-state index >= 15 is 0 Å². The van der Waals surface area contributed by atoms with E-state index in [0.717, 1.165) is 66.4 Å². The minimum Gasteiger partial charge on any atom is -0.455 e. The number of para-hydroxylation sites is 2. The van der Waals surface area contributed by atoms with Crippen molar-refractivity contribution in [1.29, 1.82) is 0 Å². The van der Waals surface area contributed by atoms with Crippen LogP contribution >= 0.6 is 0 Å². The molecule has 54 heavy (non-hydrogen) atoms. The van der Waals surface area contributed by atoms with Crippen LogP contribution in [0.15, 0.2) is 199 Å². The average Bonchev–Trinajstić information content (AvgIpc) is 3.65. The van der Waals surface area contributed by atoms with Crippen molar-refractivity contribution < 1.29 is 4.42 Å². The molecule has 0 amide bonds. The van der Waals surface area contributed by atoms with Crippen LogP contribution in [0.2, 0.25) is 0 Å². The maximum Gasteiger partial charge on any atom is 0.167 e. The van der Waals surface area contributed by atoms with Gasteiger partial charge in [0.05, 0.1) is 16.6 Å². The van der Waals surface area contributed by atoms with E-state index in [1.54, 1.807) is 0 Å². The summed E-state index contributed by atoms with van der Waals surface area (Å²) >= 11 is 0. The molecule has 0 aliphatic carbocycles. The number of anilines is 3. The number of hydrogen-bond donors (Lipinski definition) is 0. The van der Waals surface area contributed by atoms with Crippen LogP contribution in [0.4, 0.5) is 17.1 Å². The van der Waals surface area contributed by atoms with Gasteiger partial charge in [-0.2, -0.15) is 0 Å². The van der Waals surface area contributed by atoms with Crippen molar-refractivity contribution in [3.63, 3.8) is 0 Å². The van der Waals surface area contributed by atoms with E-state index in [1.165, 1.54) is 5.56 Å². The third-order valence-electron chi connectivity index (χ3n) is 9.91. The molecule has 10 rings (SSSR count). The SMILES string of the molecule is c1ccc(-c2ccc(N(c3ccccc3)c3ccc(-c4nc(-c5ccccc5)nc(-c5ccc6ccccc6c5)n4)c4oc5ccccc5c34)cc2)cc1. The first-order chi connectivity index (χ1) is 26.8. The predicted molar refractivity (Wildman–Crippen MR) is 221 cm³/mol. The standard InChI is InChI=1S/C49H32N4O/c1-4-14-33(15-5-1)35-26-28-40(29-27-35)53(39-20-8-3-9-21-39)43-31-30-42(46-45(43)41-22-12-13-23-44(41)54-46)49-51-47(36-17-6-2-7-18-36)50-48(52-49)38-25-24-34-16-10-11-19-37(34)32-38/h1-32H. The van der Waals surface area contributed by atoms with Crippen LogP contribution < -0.4 is 4.90 Å². The summed E-state index contributed by atoms with van der Waals surface area (Å²) in [5.74, 6) is 1.74. The fourth-order valence-electron chi connectivity index (χ4n) is 7.28. The Balaban J connectivity index is 1.19. The van der Waals surface area contributed by atoms with Gasteiger partial charge in [0.25, 0.3) is 0 Å². The maximum atomic E-state index is 6.80. The number of furan rings is 1. The maximum absolute atomic E-state index is 6.80. The predicted octanol–water partition coefficient (Wildman–Crippen LogP) is 13.1. The van der Waals surface area contributed by atoms with Crippen molar-refractivity contribution in [2.75, 3.05) is 4.90 Å². The highest BCUT2D eigenvalue weighted by molar-refractivity contribution is 6.16. The minimum absolute atomic E-state index is 0.543. The zero-order chi connectivity index (χ0) is 35.8. The molecule has 2 heterocycles. The van der Waals surface area contributed by atoms with Gasteiger partial charge in [-0.15, -0.1) is 0 Å². The molecule has 0 fully saturated rings. The zero-order valence-electron chi connectivity index (χ0n) is 29.2. The Morgan fingerprint density at radius 2 is 0.944 bits per heavy atom. The Bertz CT molecular complexity index is 2920. The normalized spacial score (nSPS) is 11.3. The molecular formula is C49H32N4O. The lowest BCUT2D eigenvalue weighted by Gasteiger charge is -2.26. The van der Waals surface area contributed by atoms with E-state index in [9.17, 15) is 0 Å². The lowest BCUT2D eigenvalue weighted by molar-refractivity contribution is 0.669. The topological polar surface area (TPSA) is 55.1 Å². The van der Waals surface area contributed by atoms with E-state index in [-0.39, 0.29) is 0 Å². The second-order valence-corrected chi connectivity index (χ2v) is 13.3. The molecule has 0 radical (unpaired) electrons. The van der Waals surface area contributed by atoms with Gasteiger partial charge >= 0.3 is 0 Å². The molecule has 5 heteroatoms. The number of hydrogen-bond acceptors (Lipinski definition) is 5. The Morgan fingerprint density at radius 1 is 0.389 bits per heavy atom. The molecule has 5 nitrogen and oxygen atoms in total. The summed E-state index contributed by atoms with van der Waals surface area (Å²) in [7, 11) is 0. The van der Waals surface area contributed by atoms with Crippen molar-refractivity contribution >= 4 is 49.8 Å². The van der Waals surface area contributed by atoms with Gasteiger partial charge in [-0.05, 0) is 70.4 Å². The summed E-state index contributed by atoms with van der Waals surface area (Å²) in [4.78, 5) is 17.6. The molecule has 254 valence electrons. The summed E-state index contributed by atoms with van der Waals surface area (Å²) in [5.41, 5.74) is 9.52. The average molecular weight is 693 g/mol. The highest BCUT2D eigenvalue weighted by Crippen LogP contribution is 2.46. The molecular weight excluding hydrogens is 661 g/mol. The molecule has 2 aromatic heterocycles. The lowest BCUT2D eigenvalue weighted by atomic mass is 10.0. The van der Waals surface area contributed by atoms with Gasteiger partial charge in [-0.3, -0.25) is 0 Å². The number of benzene rings is 8. The van der Waals surface area contributed by atoms with Crippen LogP contribution in [0.5, 0.6) is 0 Å². The Morgan fingerprint density at radius 3 is 1.70 bits per heavy atom. The molecule has 0 bridgehead atoms. The Hall–Kier alpha value is -7.37. The quantitative estimate of drug-likeness (QED) is 0.166. The fraction of sp³-hybridized carbons (Fsp3) is 0. The van der Waals surface area contributed by atoms with E-state index in [1.807, 2.05) is 54.6 Å². The van der Waals surface area contributed by atoms with Crippen molar-refractivity contribution in [1.82, 2.24) is 15.0 Å². The number of fused-ring (bicyclic) bond motifs is 4. The van der Waals surface area contributed by atoms with Gasteiger partial charge in [0.15, 0.2) is 17.5 Å². The van der Waals surface area contributed by atoms with Crippen molar-refractivity contribution in [2.45, 2.75) is 0 Å². The lowest BCUT2D eigenvalue weighted by Crippen LogP contribution is -2.10. The Labute approximate surface area is 312 Å².